The van der Waals surface area contributed by atoms with Gasteiger partial charge >= 0.3 is 6.03 Å². The predicted molar refractivity (Wildman–Crippen MR) is 118 cm³/mol. The molecule has 0 radical (unpaired) electrons. The molecule has 8 nitrogen and oxygen atoms in total. The number of rotatable bonds is 6. The fraction of sp³-hybridized carbons (Fsp3) is 0.333. The fourth-order valence-corrected chi connectivity index (χ4v) is 3.23. The Morgan fingerprint density at radius 3 is 2.34 bits per heavy atom. The lowest BCUT2D eigenvalue weighted by Crippen LogP contribution is -2.36. The number of hydrogen-bond acceptors (Lipinski definition) is 5. The van der Waals surface area contributed by atoms with Crippen LogP contribution in [0.4, 0.5) is 22.0 Å². The topological polar surface area (TPSA) is 90.6 Å². The third-order valence-electron chi connectivity index (χ3n) is 4.89. The Morgan fingerprint density at radius 2 is 1.76 bits per heavy atom. The van der Waals surface area contributed by atoms with E-state index in [2.05, 4.69) is 4.98 Å². The first-order valence-electron chi connectivity index (χ1n) is 9.55. The largest absolute Gasteiger partial charge is 0.378 e. The normalized spacial score (nSPS) is 13.8. The zero-order valence-electron chi connectivity index (χ0n) is 17.3. The van der Waals surface area contributed by atoms with Crippen molar-refractivity contribution in [2.24, 2.45) is 0 Å². The molecule has 2 N–H and O–H groups in total. The second-order valence-electron chi connectivity index (χ2n) is 7.36. The van der Waals surface area contributed by atoms with Crippen LogP contribution in [0.25, 0.3) is 0 Å². The van der Waals surface area contributed by atoms with Gasteiger partial charge in [-0.25, -0.2) is 9.78 Å². The summed E-state index contributed by atoms with van der Waals surface area (Å²) in [4.78, 5) is 24.4. The highest BCUT2D eigenvalue weighted by Gasteiger charge is 2.31. The lowest BCUT2D eigenvalue weighted by Gasteiger charge is -2.24. The van der Waals surface area contributed by atoms with Crippen molar-refractivity contribution >= 4 is 35.4 Å². The van der Waals surface area contributed by atoms with Crippen molar-refractivity contribution in [1.82, 2.24) is 9.88 Å². The number of carbonyl (C=O) groups excluding carboxylic acids is 1. The van der Waals surface area contributed by atoms with Gasteiger partial charge in [-0.1, -0.05) is 6.07 Å². The molecule has 0 aliphatic carbocycles. The minimum Gasteiger partial charge on any atom is -0.378 e. The Balaban J connectivity index is 1.81. The second-order valence-corrected chi connectivity index (χ2v) is 7.36. The number of anilines is 3. The number of nitrogens with zero attached hydrogens (tertiary/aromatic N) is 5. The van der Waals surface area contributed by atoms with Gasteiger partial charge in [-0.3, -0.25) is 20.6 Å². The van der Waals surface area contributed by atoms with Gasteiger partial charge in [0, 0.05) is 44.6 Å². The third kappa shape index (κ3) is 4.06. The SMILES string of the molecule is CC(C)N(C=N)C(=N)c1cccc(N2CCN(c3ccc(N(C)C)cc3)C2=O)n1. The van der Waals surface area contributed by atoms with Crippen molar-refractivity contribution in [1.29, 1.82) is 10.8 Å². The molecule has 3 rings (SSSR count). The zero-order valence-corrected chi connectivity index (χ0v) is 17.3. The summed E-state index contributed by atoms with van der Waals surface area (Å²) in [5, 5.41) is 15.9. The van der Waals surface area contributed by atoms with E-state index in [4.69, 9.17) is 10.8 Å². The van der Waals surface area contributed by atoms with E-state index < -0.39 is 0 Å². The Bertz CT molecular complexity index is 908. The molecule has 1 aliphatic heterocycles. The zero-order chi connectivity index (χ0) is 21.1. The molecule has 1 saturated heterocycles. The second kappa shape index (κ2) is 8.30. The van der Waals surface area contributed by atoms with Crippen molar-refractivity contribution in [3.63, 3.8) is 0 Å². The molecule has 0 bridgehead atoms. The first-order valence-corrected chi connectivity index (χ1v) is 9.55. The molecule has 0 atom stereocenters. The van der Waals surface area contributed by atoms with Crippen LogP contribution in [0.5, 0.6) is 0 Å². The van der Waals surface area contributed by atoms with Crippen LogP contribution in [0.1, 0.15) is 19.5 Å². The van der Waals surface area contributed by atoms with E-state index in [0.29, 0.717) is 24.6 Å². The summed E-state index contributed by atoms with van der Waals surface area (Å²) in [6.07, 6.45) is 1.13. The van der Waals surface area contributed by atoms with Crippen LogP contribution in [-0.4, -0.2) is 61.3 Å². The van der Waals surface area contributed by atoms with Crippen molar-refractivity contribution in [3.8, 4) is 0 Å². The molecular weight excluding hydrogens is 366 g/mol. The maximum Gasteiger partial charge on any atom is 0.330 e. The van der Waals surface area contributed by atoms with E-state index in [-0.39, 0.29) is 17.9 Å². The van der Waals surface area contributed by atoms with E-state index in [1.807, 2.05) is 57.1 Å². The van der Waals surface area contributed by atoms with Crippen LogP contribution >= 0.6 is 0 Å². The third-order valence-corrected chi connectivity index (χ3v) is 4.89. The molecule has 2 amide bonds. The lowest BCUT2D eigenvalue weighted by molar-refractivity contribution is 0.255. The van der Waals surface area contributed by atoms with Crippen LogP contribution in [0, 0.1) is 10.8 Å². The number of hydrogen-bond donors (Lipinski definition) is 2. The highest BCUT2D eigenvalue weighted by Crippen LogP contribution is 2.26. The van der Waals surface area contributed by atoms with Crippen LogP contribution < -0.4 is 14.7 Å². The molecule has 0 unspecified atom stereocenters. The average Bonchev–Trinajstić information content (AvgIpc) is 3.09. The molecule has 1 aliphatic rings. The van der Waals surface area contributed by atoms with Gasteiger partial charge in [0.1, 0.15) is 11.5 Å². The smallest absolute Gasteiger partial charge is 0.330 e. The number of amidine groups is 1. The number of carbonyl (C=O) groups is 1. The van der Waals surface area contributed by atoms with E-state index in [0.717, 1.165) is 17.7 Å². The summed E-state index contributed by atoms with van der Waals surface area (Å²) in [6, 6.07) is 13.0. The molecule has 29 heavy (non-hydrogen) atoms. The first-order chi connectivity index (χ1) is 13.8. The van der Waals surface area contributed by atoms with Crippen LogP contribution in [0.2, 0.25) is 0 Å². The maximum absolute atomic E-state index is 13.0. The summed E-state index contributed by atoms with van der Waals surface area (Å²) in [5.74, 6) is 0.651. The van der Waals surface area contributed by atoms with Crippen LogP contribution in [0.3, 0.4) is 0 Å². The fourth-order valence-electron chi connectivity index (χ4n) is 3.23. The van der Waals surface area contributed by atoms with Gasteiger partial charge in [-0.05, 0) is 50.2 Å². The maximum atomic E-state index is 13.0. The average molecular weight is 393 g/mol. The number of pyridine rings is 1. The lowest BCUT2D eigenvalue weighted by atomic mass is 10.2. The first kappa shape index (κ1) is 20.3. The molecule has 1 fully saturated rings. The van der Waals surface area contributed by atoms with Gasteiger partial charge in [-0.15, -0.1) is 0 Å². The van der Waals surface area contributed by atoms with Gasteiger partial charge in [0.15, 0.2) is 5.84 Å². The Morgan fingerprint density at radius 1 is 1.10 bits per heavy atom. The van der Waals surface area contributed by atoms with E-state index in [1.165, 1.54) is 4.90 Å². The molecule has 8 heteroatoms. The molecule has 2 aromatic rings. The molecule has 1 aromatic heterocycles. The minimum atomic E-state index is -0.133. The highest BCUT2D eigenvalue weighted by atomic mass is 16.2. The van der Waals surface area contributed by atoms with Crippen molar-refractivity contribution in [2.45, 2.75) is 19.9 Å². The van der Waals surface area contributed by atoms with Crippen molar-refractivity contribution in [3.05, 3.63) is 48.2 Å². The highest BCUT2D eigenvalue weighted by molar-refractivity contribution is 6.06. The van der Waals surface area contributed by atoms with Crippen LogP contribution in [0.15, 0.2) is 42.5 Å². The quantitative estimate of drug-likeness (QED) is 0.582. The number of aromatic nitrogens is 1. The van der Waals surface area contributed by atoms with E-state index in [9.17, 15) is 4.79 Å². The van der Waals surface area contributed by atoms with E-state index >= 15 is 0 Å². The summed E-state index contributed by atoms with van der Waals surface area (Å²) in [6.45, 7) is 4.92. The van der Waals surface area contributed by atoms with Gasteiger partial charge in [-0.2, -0.15) is 0 Å². The van der Waals surface area contributed by atoms with E-state index in [1.54, 1.807) is 28.0 Å². The Kier molecular flexibility index (Phi) is 5.81. The molecular formula is C21H27N7O. The standard InChI is InChI=1S/C21H27N7O/c1-15(2)28(14-22)20(23)18-6-5-7-19(24-18)27-13-12-26(21(27)29)17-10-8-16(9-11-17)25(3)4/h5-11,14-15,22-23H,12-13H2,1-4H3. The number of nitrogens with one attached hydrogen (secondary N) is 2. The van der Waals surface area contributed by atoms with Gasteiger partial charge < -0.3 is 9.80 Å². The Hall–Kier alpha value is -3.42. The van der Waals surface area contributed by atoms with Gasteiger partial charge in [0.25, 0.3) is 0 Å². The summed E-state index contributed by atoms with van der Waals surface area (Å²) >= 11 is 0. The summed E-state index contributed by atoms with van der Waals surface area (Å²) in [5.41, 5.74) is 2.36. The predicted octanol–water partition coefficient (Wildman–Crippen LogP) is 3.24. The molecule has 152 valence electrons. The number of amides is 2. The summed E-state index contributed by atoms with van der Waals surface area (Å²) < 4.78 is 0. The molecule has 0 saturated carbocycles. The number of benzene rings is 1. The Labute approximate surface area is 171 Å². The molecule has 0 spiro atoms. The van der Waals surface area contributed by atoms with Crippen LogP contribution in [-0.2, 0) is 0 Å². The molecule has 2 heterocycles. The summed E-state index contributed by atoms with van der Waals surface area (Å²) in [7, 11) is 3.96. The van der Waals surface area contributed by atoms with Gasteiger partial charge in [0.05, 0.1) is 6.34 Å². The molecule has 1 aromatic carbocycles. The van der Waals surface area contributed by atoms with Crippen molar-refractivity contribution in [2.75, 3.05) is 41.9 Å². The number of urea groups is 1. The van der Waals surface area contributed by atoms with Gasteiger partial charge in [0.2, 0.25) is 0 Å². The monoisotopic (exact) mass is 393 g/mol. The van der Waals surface area contributed by atoms with Crippen molar-refractivity contribution < 1.29 is 4.79 Å². The minimum absolute atomic E-state index is 0.0282.